The summed E-state index contributed by atoms with van der Waals surface area (Å²) in [5.74, 6) is 0.474. The first kappa shape index (κ1) is 23.9. The van der Waals surface area contributed by atoms with E-state index in [1.54, 1.807) is 24.5 Å². The summed E-state index contributed by atoms with van der Waals surface area (Å²) in [6.45, 7) is 0.495. The van der Waals surface area contributed by atoms with Crippen molar-refractivity contribution in [3.05, 3.63) is 29.5 Å². The van der Waals surface area contributed by atoms with Crippen LogP contribution in [-0.2, 0) is 19.6 Å². The van der Waals surface area contributed by atoms with E-state index in [1.165, 1.54) is 25.5 Å². The highest BCUT2D eigenvalue weighted by atomic mass is 35.5. The van der Waals surface area contributed by atoms with Crippen molar-refractivity contribution in [1.82, 2.24) is 13.9 Å². The first-order chi connectivity index (χ1) is 14.2. The van der Waals surface area contributed by atoms with Crippen molar-refractivity contribution in [2.24, 2.45) is 5.92 Å². The molecule has 2 atom stereocenters. The number of phenolic OH excluding ortho intramolecular Hbond substituents is 1. The molecule has 1 saturated heterocycles. The van der Waals surface area contributed by atoms with E-state index in [0.717, 1.165) is 0 Å². The number of ether oxygens (including phenoxy) is 2. The Balaban J connectivity index is 0.00000101. The molecule has 1 aliphatic rings. The van der Waals surface area contributed by atoms with Gasteiger partial charge in [-0.1, -0.05) is 11.6 Å². The summed E-state index contributed by atoms with van der Waals surface area (Å²) in [6, 6.07) is 3.05. The Morgan fingerprint density at radius 1 is 1.40 bits per heavy atom. The number of hydrogen-bond acceptors (Lipinski definition) is 7. The molecule has 1 aromatic carbocycles. The number of aromatic nitrogens is 2. The third kappa shape index (κ3) is 5.22. The van der Waals surface area contributed by atoms with Gasteiger partial charge in [-0.15, -0.1) is 0 Å². The Kier molecular flexibility index (Phi) is 8.07. The van der Waals surface area contributed by atoms with Crippen LogP contribution in [0.15, 0.2) is 24.5 Å². The fourth-order valence-corrected chi connectivity index (χ4v) is 4.50. The van der Waals surface area contributed by atoms with Crippen molar-refractivity contribution >= 4 is 28.1 Å². The lowest BCUT2D eigenvalue weighted by Gasteiger charge is -2.23. The molecule has 3 rings (SSSR count). The van der Waals surface area contributed by atoms with Gasteiger partial charge >= 0.3 is 0 Å². The van der Waals surface area contributed by atoms with Crippen molar-refractivity contribution in [3.63, 3.8) is 0 Å². The van der Waals surface area contributed by atoms with Gasteiger partial charge in [0.2, 0.25) is 10.0 Å². The average molecular weight is 462 g/mol. The molecule has 2 N–H and O–H groups in total. The van der Waals surface area contributed by atoms with Crippen molar-refractivity contribution in [3.8, 4) is 22.9 Å². The molecule has 30 heavy (non-hydrogen) atoms. The Morgan fingerprint density at radius 3 is 2.67 bits per heavy atom. The second kappa shape index (κ2) is 10.1. The molecule has 0 bridgehead atoms. The molecule has 0 spiro atoms. The molecule has 2 heterocycles. The van der Waals surface area contributed by atoms with Crippen LogP contribution < -0.4 is 4.74 Å². The zero-order valence-electron chi connectivity index (χ0n) is 16.7. The van der Waals surface area contributed by atoms with E-state index in [0.29, 0.717) is 24.6 Å². The van der Waals surface area contributed by atoms with Gasteiger partial charge in [0.25, 0.3) is 6.47 Å². The largest absolute Gasteiger partial charge is 0.503 e. The number of methoxy groups -OCH3 is 1. The smallest absolute Gasteiger partial charge is 0.290 e. The number of phenols is 1. The summed E-state index contributed by atoms with van der Waals surface area (Å²) in [5.41, 5.74) is 0.653. The molecule has 1 aromatic heterocycles. The minimum absolute atomic E-state index is 0.0120. The summed E-state index contributed by atoms with van der Waals surface area (Å²) in [7, 11) is 1.12. The molecular formula is C18H24ClN3O7S. The third-order valence-electron chi connectivity index (χ3n) is 4.68. The molecule has 2 aromatic rings. The average Bonchev–Trinajstić information content (AvgIpc) is 3.33. The molecule has 1 fully saturated rings. The number of carboxylic acid groups (broad SMARTS) is 1. The van der Waals surface area contributed by atoms with Crippen molar-refractivity contribution < 1.29 is 32.9 Å². The van der Waals surface area contributed by atoms with Gasteiger partial charge < -0.3 is 24.3 Å². The molecule has 0 unspecified atom stereocenters. The fraction of sp³-hybridized carbons (Fsp3) is 0.444. The first-order valence-corrected chi connectivity index (χ1v) is 10.8. The normalized spacial score (nSPS) is 18.7. The number of nitrogens with zero attached hydrogens (tertiary/aromatic N) is 3. The van der Waals surface area contributed by atoms with Gasteiger partial charge in [0.05, 0.1) is 37.1 Å². The summed E-state index contributed by atoms with van der Waals surface area (Å²) < 4.78 is 38.5. The summed E-state index contributed by atoms with van der Waals surface area (Å²) >= 11 is 6.10. The van der Waals surface area contributed by atoms with Crippen LogP contribution in [0.4, 0.5) is 0 Å². The van der Waals surface area contributed by atoms with Gasteiger partial charge in [-0.05, 0) is 12.1 Å². The van der Waals surface area contributed by atoms with Gasteiger partial charge in [0.15, 0.2) is 11.5 Å². The monoisotopic (exact) mass is 461 g/mol. The van der Waals surface area contributed by atoms with Crippen LogP contribution in [0.5, 0.6) is 11.5 Å². The van der Waals surface area contributed by atoms with Crippen LogP contribution in [0.25, 0.3) is 11.4 Å². The van der Waals surface area contributed by atoms with Gasteiger partial charge in [-0.3, -0.25) is 4.79 Å². The van der Waals surface area contributed by atoms with E-state index < -0.39 is 10.0 Å². The number of imidazole rings is 1. The standard InChI is InChI=1S/C17H22ClN3O5S.CH2O2/c1-20(2)27(23,24)10-12-8-26-9-14(12)21-5-4-19-17(21)11-6-13(18)16(22)15(7-11)25-3;2-1-3/h4-7,12,14,22H,8-10H2,1-3H3;1H,(H,2,3)/t12-,14-;/m1./s1. The number of sulfonamides is 1. The first-order valence-electron chi connectivity index (χ1n) is 8.81. The van der Waals surface area contributed by atoms with Gasteiger partial charge in [-0.25, -0.2) is 17.7 Å². The zero-order chi connectivity index (χ0) is 22.5. The second-order valence-electron chi connectivity index (χ2n) is 6.70. The molecular weight excluding hydrogens is 438 g/mol. The Labute approximate surface area is 179 Å². The lowest BCUT2D eigenvalue weighted by Crippen LogP contribution is -2.32. The highest BCUT2D eigenvalue weighted by Crippen LogP contribution is 2.39. The SMILES string of the molecule is COc1cc(-c2nccn2[C@@H]2COC[C@@H]2CS(=O)(=O)N(C)C)cc(Cl)c1O.O=CO. The lowest BCUT2D eigenvalue weighted by molar-refractivity contribution is -0.122. The van der Waals surface area contributed by atoms with E-state index in [2.05, 4.69) is 4.98 Å². The number of rotatable bonds is 6. The Bertz CT molecular complexity index is 978. The molecule has 0 radical (unpaired) electrons. The summed E-state index contributed by atoms with van der Waals surface area (Å²) in [6.07, 6.45) is 3.43. The molecule has 0 aliphatic carbocycles. The van der Waals surface area contributed by atoms with Gasteiger partial charge in [0.1, 0.15) is 5.82 Å². The molecule has 10 nitrogen and oxygen atoms in total. The van der Waals surface area contributed by atoms with Crippen molar-refractivity contribution in [2.45, 2.75) is 6.04 Å². The van der Waals surface area contributed by atoms with Crippen LogP contribution in [0.3, 0.4) is 0 Å². The molecule has 166 valence electrons. The van der Waals surface area contributed by atoms with Crippen LogP contribution in [0, 0.1) is 5.92 Å². The minimum Gasteiger partial charge on any atom is -0.503 e. The van der Waals surface area contributed by atoms with E-state index in [-0.39, 0.29) is 40.7 Å². The number of hydrogen-bond donors (Lipinski definition) is 2. The second-order valence-corrected chi connectivity index (χ2v) is 9.33. The van der Waals surface area contributed by atoms with Crippen LogP contribution in [0.2, 0.25) is 5.02 Å². The van der Waals surface area contributed by atoms with Crippen LogP contribution >= 0.6 is 11.6 Å². The number of halogens is 1. The predicted molar refractivity (Wildman–Crippen MR) is 110 cm³/mol. The van der Waals surface area contributed by atoms with Crippen LogP contribution in [0.1, 0.15) is 6.04 Å². The van der Waals surface area contributed by atoms with Crippen molar-refractivity contribution in [1.29, 1.82) is 0 Å². The lowest BCUT2D eigenvalue weighted by atomic mass is 10.1. The topological polar surface area (TPSA) is 131 Å². The third-order valence-corrected chi connectivity index (χ3v) is 6.93. The fourth-order valence-electron chi connectivity index (χ4n) is 3.14. The zero-order valence-corrected chi connectivity index (χ0v) is 18.3. The highest BCUT2D eigenvalue weighted by molar-refractivity contribution is 7.89. The minimum atomic E-state index is -3.36. The van der Waals surface area contributed by atoms with E-state index >= 15 is 0 Å². The highest BCUT2D eigenvalue weighted by Gasteiger charge is 2.35. The summed E-state index contributed by atoms with van der Waals surface area (Å²) in [4.78, 5) is 12.8. The maximum Gasteiger partial charge on any atom is 0.290 e. The predicted octanol–water partition coefficient (Wildman–Crippen LogP) is 1.70. The maximum atomic E-state index is 12.3. The van der Waals surface area contributed by atoms with E-state index in [1.807, 2.05) is 4.57 Å². The Morgan fingerprint density at radius 2 is 2.07 bits per heavy atom. The number of aromatic hydroxyl groups is 1. The van der Waals surface area contributed by atoms with Gasteiger partial charge in [0, 0.05) is 38.0 Å². The quantitative estimate of drug-likeness (QED) is 0.621. The van der Waals surface area contributed by atoms with Crippen LogP contribution in [-0.4, -0.2) is 79.1 Å². The molecule has 1 aliphatic heterocycles. The maximum absolute atomic E-state index is 12.3. The molecule has 0 saturated carbocycles. The van der Waals surface area contributed by atoms with Gasteiger partial charge in [-0.2, -0.15) is 0 Å². The van der Waals surface area contributed by atoms with Crippen molar-refractivity contribution in [2.75, 3.05) is 40.2 Å². The summed E-state index contributed by atoms with van der Waals surface area (Å²) in [5, 5.41) is 17.0. The van der Waals surface area contributed by atoms with E-state index in [4.69, 9.17) is 31.0 Å². The Hall–Kier alpha value is -2.34. The number of benzene rings is 1. The number of carbonyl (C=O) groups is 1. The van der Waals surface area contributed by atoms with E-state index in [9.17, 15) is 13.5 Å². The molecule has 12 heteroatoms. The molecule has 0 amide bonds.